The molecule has 0 aliphatic rings. The van der Waals surface area contributed by atoms with Crippen LogP contribution in [-0.2, 0) is 36.9 Å². The average molecular weight is 292 g/mol. The maximum atomic E-state index is 11.4. The maximum Gasteiger partial charge on any atom is 0.974 e. The van der Waals surface area contributed by atoms with Crippen LogP contribution in [0.25, 0.3) is 0 Å². The standard InChI is InChI=1S/C10H16O8Si/c1-5-6-10(14)18-19(15-7(2)11,16-8(3)12)17-9(4)13/h5-6H2,1-4H3. The Hall–Kier alpha value is -1.90. The molecule has 19 heavy (non-hydrogen) atoms. The smallest absolute Gasteiger partial charge is 0.423 e. The summed E-state index contributed by atoms with van der Waals surface area (Å²) in [5.74, 6) is -3.51. The first kappa shape index (κ1) is 17.1. The van der Waals surface area contributed by atoms with Gasteiger partial charge in [-0.2, -0.15) is 0 Å². The molecule has 0 heterocycles. The first-order valence-corrected chi connectivity index (χ1v) is 7.14. The van der Waals surface area contributed by atoms with E-state index >= 15 is 0 Å². The number of hydrogen-bond donors (Lipinski definition) is 0. The van der Waals surface area contributed by atoms with E-state index in [2.05, 4.69) is 13.3 Å². The number of rotatable bonds is 6. The van der Waals surface area contributed by atoms with Crippen molar-refractivity contribution in [3.05, 3.63) is 0 Å². The summed E-state index contributed by atoms with van der Waals surface area (Å²) in [7, 11) is -4.48. The highest BCUT2D eigenvalue weighted by molar-refractivity contribution is 6.60. The number of hydrogen-bond acceptors (Lipinski definition) is 8. The minimum atomic E-state index is -4.48. The van der Waals surface area contributed by atoms with Crippen LogP contribution in [0.4, 0.5) is 0 Å². The van der Waals surface area contributed by atoms with Crippen molar-refractivity contribution < 1.29 is 36.9 Å². The van der Waals surface area contributed by atoms with E-state index in [9.17, 15) is 19.2 Å². The van der Waals surface area contributed by atoms with E-state index in [1.165, 1.54) is 0 Å². The van der Waals surface area contributed by atoms with Crippen molar-refractivity contribution in [1.29, 1.82) is 0 Å². The largest absolute Gasteiger partial charge is 0.974 e. The minimum absolute atomic E-state index is 0.00144. The summed E-state index contributed by atoms with van der Waals surface area (Å²) in [5, 5.41) is 0. The number of carbonyl (C=O) groups excluding carboxylic acids is 4. The van der Waals surface area contributed by atoms with Crippen LogP contribution in [0.2, 0.25) is 0 Å². The van der Waals surface area contributed by atoms with Crippen molar-refractivity contribution in [2.45, 2.75) is 40.5 Å². The Labute approximate surface area is 111 Å². The second-order valence-corrected chi connectivity index (χ2v) is 5.32. The van der Waals surface area contributed by atoms with Gasteiger partial charge >= 0.3 is 9.05 Å². The van der Waals surface area contributed by atoms with Crippen LogP contribution in [0, 0.1) is 0 Å². The van der Waals surface area contributed by atoms with Gasteiger partial charge in [0.1, 0.15) is 0 Å². The molecule has 0 fully saturated rings. The molecule has 0 aliphatic carbocycles. The Morgan fingerprint density at radius 1 is 0.789 bits per heavy atom. The summed E-state index contributed by atoms with van der Waals surface area (Å²) in [6, 6.07) is 0. The van der Waals surface area contributed by atoms with Crippen molar-refractivity contribution in [3.8, 4) is 0 Å². The van der Waals surface area contributed by atoms with Gasteiger partial charge in [-0.1, -0.05) is 6.92 Å². The van der Waals surface area contributed by atoms with Crippen molar-refractivity contribution >= 4 is 32.9 Å². The fraction of sp³-hybridized carbons (Fsp3) is 0.600. The molecular weight excluding hydrogens is 276 g/mol. The van der Waals surface area contributed by atoms with E-state index in [1.807, 2.05) is 0 Å². The predicted octanol–water partition coefficient (Wildman–Crippen LogP) is 0.455. The fourth-order valence-electron chi connectivity index (χ4n) is 1.05. The summed E-state index contributed by atoms with van der Waals surface area (Å²) >= 11 is 0. The van der Waals surface area contributed by atoms with Gasteiger partial charge in [0.15, 0.2) is 0 Å². The molecule has 0 unspecified atom stereocenters. The third-order valence-electron chi connectivity index (χ3n) is 1.50. The van der Waals surface area contributed by atoms with E-state index in [0.717, 1.165) is 20.8 Å². The van der Waals surface area contributed by atoms with Gasteiger partial charge < -0.3 is 17.7 Å². The highest BCUT2D eigenvalue weighted by Crippen LogP contribution is 2.15. The molecule has 0 rings (SSSR count). The molecular formula is C10H16O8Si. The van der Waals surface area contributed by atoms with Gasteiger partial charge in [0.25, 0.3) is 23.9 Å². The summed E-state index contributed by atoms with van der Waals surface area (Å²) in [5.41, 5.74) is 0. The zero-order chi connectivity index (χ0) is 15.1. The molecule has 0 saturated heterocycles. The molecule has 0 aliphatic heterocycles. The molecule has 0 atom stereocenters. The van der Waals surface area contributed by atoms with Gasteiger partial charge in [0.05, 0.1) is 0 Å². The van der Waals surface area contributed by atoms with Crippen LogP contribution < -0.4 is 0 Å². The number of carbonyl (C=O) groups is 4. The lowest BCUT2D eigenvalue weighted by molar-refractivity contribution is -0.160. The Bertz CT molecular complexity index is 337. The molecule has 0 aromatic carbocycles. The molecule has 0 saturated carbocycles. The van der Waals surface area contributed by atoms with E-state index in [-0.39, 0.29) is 6.42 Å². The van der Waals surface area contributed by atoms with Crippen LogP contribution in [0.15, 0.2) is 0 Å². The van der Waals surface area contributed by atoms with Gasteiger partial charge in [-0.25, -0.2) is 0 Å². The van der Waals surface area contributed by atoms with Crippen LogP contribution in [0.5, 0.6) is 0 Å². The van der Waals surface area contributed by atoms with Crippen LogP contribution in [-0.4, -0.2) is 32.9 Å². The van der Waals surface area contributed by atoms with Gasteiger partial charge in [-0.15, -0.1) is 0 Å². The summed E-state index contributed by atoms with van der Waals surface area (Å²) < 4.78 is 18.7. The van der Waals surface area contributed by atoms with E-state index < -0.39 is 32.9 Å². The Kier molecular flexibility index (Phi) is 6.76. The molecule has 0 bridgehead atoms. The van der Waals surface area contributed by atoms with Crippen LogP contribution in [0.1, 0.15) is 40.5 Å². The lowest BCUT2D eigenvalue weighted by atomic mass is 10.4. The Morgan fingerprint density at radius 2 is 1.16 bits per heavy atom. The molecule has 0 radical (unpaired) electrons. The SMILES string of the molecule is CCCC(=O)O[Si](OC(C)=O)(OC(C)=O)OC(C)=O. The highest BCUT2D eigenvalue weighted by Gasteiger charge is 2.61. The topological polar surface area (TPSA) is 105 Å². The molecule has 8 nitrogen and oxygen atoms in total. The zero-order valence-electron chi connectivity index (χ0n) is 11.2. The second-order valence-electron chi connectivity index (χ2n) is 3.51. The van der Waals surface area contributed by atoms with Crippen molar-refractivity contribution in [3.63, 3.8) is 0 Å². The minimum Gasteiger partial charge on any atom is -0.423 e. The summed E-state index contributed by atoms with van der Waals surface area (Å²) in [6.45, 7) is 4.72. The van der Waals surface area contributed by atoms with Crippen molar-refractivity contribution in [2.75, 3.05) is 0 Å². The van der Waals surface area contributed by atoms with Crippen LogP contribution >= 0.6 is 0 Å². The van der Waals surface area contributed by atoms with Crippen molar-refractivity contribution in [1.82, 2.24) is 0 Å². The molecule has 108 valence electrons. The van der Waals surface area contributed by atoms with Gasteiger partial charge in [-0.05, 0) is 6.42 Å². The summed E-state index contributed by atoms with van der Waals surface area (Å²) in [6.07, 6.45) is 0.460. The lowest BCUT2D eigenvalue weighted by Gasteiger charge is -2.23. The van der Waals surface area contributed by atoms with E-state index in [4.69, 9.17) is 4.43 Å². The Morgan fingerprint density at radius 3 is 1.42 bits per heavy atom. The Balaban J connectivity index is 5.20. The first-order valence-electron chi connectivity index (χ1n) is 5.51. The first-order chi connectivity index (χ1) is 8.70. The molecule has 0 spiro atoms. The molecule has 0 N–H and O–H groups in total. The monoisotopic (exact) mass is 292 g/mol. The zero-order valence-corrected chi connectivity index (χ0v) is 12.2. The summed E-state index contributed by atoms with van der Waals surface area (Å²) in [4.78, 5) is 44.4. The average Bonchev–Trinajstić information content (AvgIpc) is 2.12. The van der Waals surface area contributed by atoms with Gasteiger partial charge in [0.2, 0.25) is 0 Å². The van der Waals surface area contributed by atoms with Crippen LogP contribution in [0.3, 0.4) is 0 Å². The van der Waals surface area contributed by atoms with E-state index in [1.54, 1.807) is 6.92 Å². The van der Waals surface area contributed by atoms with E-state index in [0.29, 0.717) is 6.42 Å². The third-order valence-corrected chi connectivity index (χ3v) is 3.59. The third kappa shape index (κ3) is 7.19. The van der Waals surface area contributed by atoms with Gasteiger partial charge in [-0.3, -0.25) is 19.2 Å². The maximum absolute atomic E-state index is 11.4. The van der Waals surface area contributed by atoms with Gasteiger partial charge in [0, 0.05) is 27.2 Å². The fourth-order valence-corrected chi connectivity index (χ4v) is 2.73. The normalized spacial score (nSPS) is 10.3. The molecule has 0 amide bonds. The molecule has 9 heteroatoms. The molecule has 0 aromatic rings. The van der Waals surface area contributed by atoms with Crippen molar-refractivity contribution in [2.24, 2.45) is 0 Å². The quantitative estimate of drug-likeness (QED) is 0.650. The highest BCUT2D eigenvalue weighted by atomic mass is 28.4. The predicted molar refractivity (Wildman–Crippen MR) is 62.1 cm³/mol. The molecule has 0 aromatic heterocycles. The second kappa shape index (κ2) is 7.51. The lowest BCUT2D eigenvalue weighted by Crippen LogP contribution is -2.53.